The molecule has 0 aliphatic carbocycles. The molecule has 0 fully saturated rings. The van der Waals surface area contributed by atoms with Crippen molar-refractivity contribution in [2.75, 3.05) is 7.11 Å². The van der Waals surface area contributed by atoms with Crippen LogP contribution in [0.5, 0.6) is 5.75 Å². The van der Waals surface area contributed by atoms with Gasteiger partial charge in [0.15, 0.2) is 28.9 Å². The minimum absolute atomic E-state index is 0.139. The molecular weight excluding hydrogens is 414 g/mol. The molecule has 0 atom stereocenters. The van der Waals surface area contributed by atoms with E-state index in [0.29, 0.717) is 5.82 Å². The highest BCUT2D eigenvalue weighted by molar-refractivity contribution is 7.12. The lowest BCUT2D eigenvalue weighted by molar-refractivity contribution is 0.126. The van der Waals surface area contributed by atoms with Crippen molar-refractivity contribution in [2.45, 2.75) is 20.5 Å². The van der Waals surface area contributed by atoms with E-state index in [0.717, 1.165) is 44.4 Å². The van der Waals surface area contributed by atoms with Crippen molar-refractivity contribution in [3.63, 3.8) is 0 Å². The van der Waals surface area contributed by atoms with E-state index in [4.69, 9.17) is 9.57 Å². The Balaban J connectivity index is 1.45. The predicted octanol–water partition coefficient (Wildman–Crippen LogP) is 3.70. The molecule has 31 heavy (non-hydrogen) atoms. The lowest BCUT2D eigenvalue weighted by atomic mass is 10.2. The zero-order valence-electron chi connectivity index (χ0n) is 17.2. The van der Waals surface area contributed by atoms with Crippen LogP contribution in [-0.2, 0) is 11.4 Å². The Hall–Kier alpha value is -3.79. The second-order valence-corrected chi connectivity index (χ2v) is 7.72. The number of thiazole rings is 1. The van der Waals surface area contributed by atoms with Gasteiger partial charge in [0.1, 0.15) is 12.1 Å². The Morgan fingerprint density at radius 2 is 2.03 bits per heavy atom. The van der Waals surface area contributed by atoms with Crippen molar-refractivity contribution in [2.24, 2.45) is 5.16 Å². The molecule has 0 saturated carbocycles. The molecule has 0 aliphatic rings. The molecule has 0 spiro atoms. The van der Waals surface area contributed by atoms with Crippen molar-refractivity contribution in [3.05, 3.63) is 64.8 Å². The molecule has 9 nitrogen and oxygen atoms in total. The molecule has 0 bridgehead atoms. The van der Waals surface area contributed by atoms with Gasteiger partial charge in [0.2, 0.25) is 0 Å². The van der Waals surface area contributed by atoms with Gasteiger partial charge in [-0.05, 0) is 31.5 Å². The summed E-state index contributed by atoms with van der Waals surface area (Å²) in [6.45, 7) is 4.26. The van der Waals surface area contributed by atoms with Crippen LogP contribution >= 0.6 is 11.3 Å². The molecule has 5 aromatic rings. The van der Waals surface area contributed by atoms with Gasteiger partial charge in [-0.15, -0.1) is 16.4 Å². The Kier molecular flexibility index (Phi) is 4.83. The van der Waals surface area contributed by atoms with Crippen LogP contribution in [-0.4, -0.2) is 42.5 Å². The number of benzene rings is 1. The second-order valence-electron chi connectivity index (χ2n) is 6.85. The maximum atomic E-state index is 5.42. The smallest absolute Gasteiger partial charge is 0.195 e. The summed E-state index contributed by atoms with van der Waals surface area (Å²) in [6, 6.07) is 7.58. The van der Waals surface area contributed by atoms with Gasteiger partial charge in [-0.2, -0.15) is 0 Å². The molecule has 0 N–H and O–H groups in total. The number of rotatable bonds is 6. The zero-order chi connectivity index (χ0) is 21.4. The van der Waals surface area contributed by atoms with E-state index < -0.39 is 0 Å². The Bertz CT molecular complexity index is 1400. The average molecular weight is 433 g/mol. The van der Waals surface area contributed by atoms with Crippen LogP contribution in [0, 0.1) is 13.8 Å². The maximum Gasteiger partial charge on any atom is 0.195 e. The second kappa shape index (κ2) is 7.80. The fourth-order valence-electron chi connectivity index (χ4n) is 3.49. The minimum Gasteiger partial charge on any atom is -0.496 e. The predicted molar refractivity (Wildman–Crippen MR) is 118 cm³/mol. The highest BCUT2D eigenvalue weighted by Gasteiger charge is 2.19. The first-order valence-electron chi connectivity index (χ1n) is 9.57. The largest absolute Gasteiger partial charge is 0.496 e. The molecule has 4 heterocycles. The van der Waals surface area contributed by atoms with E-state index in [-0.39, 0.29) is 6.61 Å². The van der Waals surface area contributed by atoms with Gasteiger partial charge in [-0.1, -0.05) is 17.3 Å². The van der Waals surface area contributed by atoms with Gasteiger partial charge in [-0.25, -0.2) is 19.5 Å². The minimum atomic E-state index is 0.139. The number of aryl methyl sites for hydroxylation is 1. The Morgan fingerprint density at radius 3 is 2.84 bits per heavy atom. The molecule has 4 aromatic heterocycles. The summed E-state index contributed by atoms with van der Waals surface area (Å²) in [5, 5.41) is 12.3. The molecular formula is C21H19N7O2S. The van der Waals surface area contributed by atoms with Crippen molar-refractivity contribution in [1.29, 1.82) is 0 Å². The molecule has 156 valence electrons. The number of ether oxygens (including phenoxy) is 1. The summed E-state index contributed by atoms with van der Waals surface area (Å²) in [5.74, 6) is 1.25. The monoisotopic (exact) mass is 433 g/mol. The van der Waals surface area contributed by atoms with Crippen LogP contribution in [0.25, 0.3) is 21.8 Å². The van der Waals surface area contributed by atoms with Crippen LogP contribution < -0.4 is 4.74 Å². The molecule has 0 radical (unpaired) electrons. The third-order valence-electron chi connectivity index (χ3n) is 5.09. The number of para-hydroxylation sites is 1. The molecule has 0 unspecified atom stereocenters. The number of hydrogen-bond acceptors (Lipinski definition) is 8. The molecule has 5 rings (SSSR count). The molecule has 0 aliphatic heterocycles. The standard InChI is InChI=1S/C21H19N7O2S/c1-13-14(2)28(21-22-8-9-31-21)19-18(13)20-25-17(26-27(20)12-23-19)11-30-24-10-15-6-4-5-7-16(15)29-3/h4-10,12H,11H2,1-3H3/b24-10-. The van der Waals surface area contributed by atoms with Gasteiger partial charge in [0.05, 0.1) is 18.7 Å². The summed E-state index contributed by atoms with van der Waals surface area (Å²) in [7, 11) is 1.62. The quantitative estimate of drug-likeness (QED) is 0.300. The van der Waals surface area contributed by atoms with Crippen LogP contribution in [0.1, 0.15) is 22.6 Å². The summed E-state index contributed by atoms with van der Waals surface area (Å²) in [6.07, 6.45) is 5.06. The first kappa shape index (κ1) is 19.2. The topological polar surface area (TPSA) is 91.7 Å². The van der Waals surface area contributed by atoms with Crippen LogP contribution in [0.15, 0.2) is 47.3 Å². The van der Waals surface area contributed by atoms with Crippen molar-refractivity contribution >= 4 is 34.2 Å². The van der Waals surface area contributed by atoms with E-state index in [1.807, 2.05) is 29.6 Å². The first-order valence-corrected chi connectivity index (χ1v) is 10.5. The SMILES string of the molecule is COc1ccccc1/C=N\OCc1nc2c3c(C)c(C)n(-c4nccs4)c3ncn2n1. The Morgan fingerprint density at radius 1 is 1.16 bits per heavy atom. The molecule has 0 saturated heterocycles. The number of fused-ring (bicyclic) bond motifs is 3. The fraction of sp³-hybridized carbons (Fsp3) is 0.190. The number of methoxy groups -OCH3 is 1. The van der Waals surface area contributed by atoms with Crippen LogP contribution in [0.3, 0.4) is 0 Å². The molecule has 0 amide bonds. The van der Waals surface area contributed by atoms with E-state index in [1.54, 1.807) is 41.7 Å². The summed E-state index contributed by atoms with van der Waals surface area (Å²) >= 11 is 1.57. The fourth-order valence-corrected chi connectivity index (χ4v) is 4.18. The summed E-state index contributed by atoms with van der Waals surface area (Å²) in [4.78, 5) is 19.2. The lowest BCUT2D eigenvalue weighted by Crippen LogP contribution is -1.98. The van der Waals surface area contributed by atoms with Crippen molar-refractivity contribution < 1.29 is 9.57 Å². The van der Waals surface area contributed by atoms with Gasteiger partial charge in [0, 0.05) is 22.8 Å². The van der Waals surface area contributed by atoms with Crippen molar-refractivity contribution in [1.82, 2.24) is 29.1 Å². The number of nitrogens with zero attached hydrogens (tertiary/aromatic N) is 7. The summed E-state index contributed by atoms with van der Waals surface area (Å²) in [5.41, 5.74) is 4.54. The van der Waals surface area contributed by atoms with Crippen LogP contribution in [0.4, 0.5) is 0 Å². The van der Waals surface area contributed by atoms with Crippen molar-refractivity contribution in [3.8, 4) is 10.9 Å². The summed E-state index contributed by atoms with van der Waals surface area (Å²) < 4.78 is 9.03. The van der Waals surface area contributed by atoms with E-state index in [1.165, 1.54) is 0 Å². The van der Waals surface area contributed by atoms with Gasteiger partial charge in [-0.3, -0.25) is 4.57 Å². The van der Waals surface area contributed by atoms with E-state index >= 15 is 0 Å². The highest BCUT2D eigenvalue weighted by atomic mass is 32.1. The van der Waals surface area contributed by atoms with Gasteiger partial charge < -0.3 is 9.57 Å². The van der Waals surface area contributed by atoms with E-state index in [2.05, 4.69) is 43.6 Å². The maximum absolute atomic E-state index is 5.42. The highest BCUT2D eigenvalue weighted by Crippen LogP contribution is 2.30. The molecule has 1 aromatic carbocycles. The third kappa shape index (κ3) is 3.30. The lowest BCUT2D eigenvalue weighted by Gasteiger charge is -2.02. The molecule has 10 heteroatoms. The van der Waals surface area contributed by atoms with Gasteiger partial charge in [0.25, 0.3) is 0 Å². The number of aromatic nitrogens is 6. The third-order valence-corrected chi connectivity index (χ3v) is 5.84. The average Bonchev–Trinajstić information content (AvgIpc) is 3.50. The van der Waals surface area contributed by atoms with Gasteiger partial charge >= 0.3 is 0 Å². The van der Waals surface area contributed by atoms with Crippen LogP contribution in [0.2, 0.25) is 0 Å². The Labute approximate surface area is 181 Å². The zero-order valence-corrected chi connectivity index (χ0v) is 18.0. The first-order chi connectivity index (χ1) is 15.2. The normalized spacial score (nSPS) is 11.7. The number of hydrogen-bond donors (Lipinski definition) is 0. The number of oxime groups is 1. The van der Waals surface area contributed by atoms with E-state index in [9.17, 15) is 0 Å².